The zero-order valence-electron chi connectivity index (χ0n) is 7.51. The number of hydrogen-bond acceptors (Lipinski definition) is 1. The maximum Gasteiger partial charge on any atom is 0.416 e. The number of benzene rings is 1. The maximum atomic E-state index is 12.4. The third-order valence-corrected chi connectivity index (χ3v) is 1.76. The standard InChI is InChI=1S/C9H10F3N.ClH/c1-6(13)7-4-2-3-5-8(7)9(10,11)12;/h2-6H,13H2,1H3;1H/t6-;/m1./s1. The molecule has 0 radical (unpaired) electrons. The minimum Gasteiger partial charge on any atom is -0.324 e. The van der Waals surface area contributed by atoms with Crippen LogP contribution in [0.25, 0.3) is 0 Å². The van der Waals surface area contributed by atoms with Gasteiger partial charge in [0.05, 0.1) is 5.56 Å². The molecule has 0 saturated carbocycles. The summed E-state index contributed by atoms with van der Waals surface area (Å²) in [6.45, 7) is 1.53. The van der Waals surface area contributed by atoms with E-state index in [-0.39, 0.29) is 18.0 Å². The van der Waals surface area contributed by atoms with Crippen LogP contribution in [0.2, 0.25) is 0 Å². The Morgan fingerprint density at radius 2 is 1.71 bits per heavy atom. The quantitative estimate of drug-likeness (QED) is 0.781. The van der Waals surface area contributed by atoms with Gasteiger partial charge in [-0.2, -0.15) is 13.2 Å². The molecule has 0 heterocycles. The van der Waals surface area contributed by atoms with Crippen LogP contribution in [0.3, 0.4) is 0 Å². The van der Waals surface area contributed by atoms with Gasteiger partial charge < -0.3 is 5.73 Å². The van der Waals surface area contributed by atoms with Crippen LogP contribution in [-0.2, 0) is 6.18 Å². The first kappa shape index (κ1) is 13.3. The number of hydrogen-bond donors (Lipinski definition) is 1. The van der Waals surface area contributed by atoms with Crippen molar-refractivity contribution in [3.05, 3.63) is 35.4 Å². The normalized spacial score (nSPS) is 13.2. The summed E-state index contributed by atoms with van der Waals surface area (Å²) in [6.07, 6.45) is -4.32. The van der Waals surface area contributed by atoms with Gasteiger partial charge >= 0.3 is 6.18 Å². The summed E-state index contributed by atoms with van der Waals surface area (Å²) in [5, 5.41) is 0. The van der Waals surface area contributed by atoms with E-state index < -0.39 is 17.8 Å². The summed E-state index contributed by atoms with van der Waals surface area (Å²) >= 11 is 0. The Morgan fingerprint density at radius 1 is 1.21 bits per heavy atom. The zero-order valence-corrected chi connectivity index (χ0v) is 8.32. The highest BCUT2D eigenvalue weighted by atomic mass is 35.5. The lowest BCUT2D eigenvalue weighted by Gasteiger charge is -2.14. The van der Waals surface area contributed by atoms with Gasteiger partial charge in [-0.05, 0) is 18.6 Å². The SMILES string of the molecule is C[C@@H](N)c1ccccc1C(F)(F)F.Cl. The van der Waals surface area contributed by atoms with Crippen molar-refractivity contribution in [2.24, 2.45) is 5.73 Å². The molecular weight excluding hydrogens is 215 g/mol. The first-order chi connectivity index (χ1) is 5.93. The number of alkyl halides is 3. The van der Waals surface area contributed by atoms with Gasteiger partial charge in [-0.25, -0.2) is 0 Å². The van der Waals surface area contributed by atoms with Crippen molar-refractivity contribution in [1.29, 1.82) is 0 Å². The zero-order chi connectivity index (χ0) is 10.1. The highest BCUT2D eigenvalue weighted by molar-refractivity contribution is 5.85. The van der Waals surface area contributed by atoms with E-state index in [0.717, 1.165) is 6.07 Å². The molecule has 0 fully saturated rings. The molecular formula is C9H11ClF3N. The van der Waals surface area contributed by atoms with Crippen molar-refractivity contribution >= 4 is 12.4 Å². The number of rotatable bonds is 1. The van der Waals surface area contributed by atoms with Crippen molar-refractivity contribution in [1.82, 2.24) is 0 Å². The molecule has 0 saturated heterocycles. The fourth-order valence-electron chi connectivity index (χ4n) is 1.15. The lowest BCUT2D eigenvalue weighted by molar-refractivity contribution is -0.138. The molecule has 2 N–H and O–H groups in total. The molecule has 0 aliphatic heterocycles. The Morgan fingerprint density at radius 3 is 2.07 bits per heavy atom. The fourth-order valence-corrected chi connectivity index (χ4v) is 1.15. The monoisotopic (exact) mass is 225 g/mol. The molecule has 0 unspecified atom stereocenters. The summed E-state index contributed by atoms with van der Waals surface area (Å²) in [5.41, 5.74) is 4.90. The Bertz CT molecular complexity index is 296. The Hall–Kier alpha value is -0.740. The predicted molar refractivity (Wildman–Crippen MR) is 51.3 cm³/mol. The lowest BCUT2D eigenvalue weighted by Crippen LogP contribution is -2.14. The molecule has 1 atom stereocenters. The van der Waals surface area contributed by atoms with Gasteiger partial charge in [0.1, 0.15) is 0 Å². The smallest absolute Gasteiger partial charge is 0.324 e. The van der Waals surface area contributed by atoms with Crippen molar-refractivity contribution in [3.63, 3.8) is 0 Å². The van der Waals surface area contributed by atoms with E-state index in [0.29, 0.717) is 0 Å². The van der Waals surface area contributed by atoms with Crippen LogP contribution in [0.15, 0.2) is 24.3 Å². The van der Waals surface area contributed by atoms with Crippen molar-refractivity contribution in [2.45, 2.75) is 19.1 Å². The second-order valence-electron chi connectivity index (χ2n) is 2.87. The van der Waals surface area contributed by atoms with Crippen LogP contribution in [0.5, 0.6) is 0 Å². The number of nitrogens with two attached hydrogens (primary N) is 1. The summed E-state index contributed by atoms with van der Waals surface area (Å²) in [4.78, 5) is 0. The van der Waals surface area contributed by atoms with Crippen LogP contribution in [0.1, 0.15) is 24.1 Å². The van der Waals surface area contributed by atoms with Gasteiger partial charge in [0, 0.05) is 6.04 Å². The van der Waals surface area contributed by atoms with Crippen LogP contribution >= 0.6 is 12.4 Å². The summed E-state index contributed by atoms with van der Waals surface area (Å²) < 4.78 is 37.1. The van der Waals surface area contributed by atoms with Crippen molar-refractivity contribution in [3.8, 4) is 0 Å². The topological polar surface area (TPSA) is 26.0 Å². The molecule has 5 heteroatoms. The largest absolute Gasteiger partial charge is 0.416 e. The third kappa shape index (κ3) is 2.89. The molecule has 1 nitrogen and oxygen atoms in total. The summed E-state index contributed by atoms with van der Waals surface area (Å²) in [7, 11) is 0. The van der Waals surface area contributed by atoms with E-state index in [1.807, 2.05) is 0 Å². The first-order valence-electron chi connectivity index (χ1n) is 3.84. The van der Waals surface area contributed by atoms with Gasteiger partial charge in [0.25, 0.3) is 0 Å². The molecule has 1 aromatic rings. The van der Waals surface area contributed by atoms with Crippen LogP contribution in [0, 0.1) is 0 Å². The molecule has 0 aromatic heterocycles. The van der Waals surface area contributed by atoms with E-state index in [1.165, 1.54) is 19.1 Å². The van der Waals surface area contributed by atoms with Crippen molar-refractivity contribution < 1.29 is 13.2 Å². The highest BCUT2D eigenvalue weighted by Crippen LogP contribution is 2.33. The average Bonchev–Trinajstić information content (AvgIpc) is 2.03. The van der Waals surface area contributed by atoms with Gasteiger partial charge in [0.2, 0.25) is 0 Å². The van der Waals surface area contributed by atoms with Crippen LogP contribution in [-0.4, -0.2) is 0 Å². The summed E-state index contributed by atoms with van der Waals surface area (Å²) in [5.74, 6) is 0. The van der Waals surface area contributed by atoms with E-state index in [9.17, 15) is 13.2 Å². The lowest BCUT2D eigenvalue weighted by atomic mass is 10.0. The summed E-state index contributed by atoms with van der Waals surface area (Å²) in [6, 6.07) is 4.74. The van der Waals surface area contributed by atoms with Gasteiger partial charge in [0.15, 0.2) is 0 Å². The minimum atomic E-state index is -4.32. The molecule has 0 aliphatic rings. The fraction of sp³-hybridized carbons (Fsp3) is 0.333. The molecule has 0 amide bonds. The van der Waals surface area contributed by atoms with Gasteiger partial charge in [-0.3, -0.25) is 0 Å². The molecule has 1 aromatic carbocycles. The molecule has 1 rings (SSSR count). The van der Waals surface area contributed by atoms with Crippen molar-refractivity contribution in [2.75, 3.05) is 0 Å². The van der Waals surface area contributed by atoms with E-state index in [2.05, 4.69) is 0 Å². The predicted octanol–water partition coefficient (Wildman–Crippen LogP) is 3.15. The second-order valence-corrected chi connectivity index (χ2v) is 2.87. The van der Waals surface area contributed by atoms with E-state index >= 15 is 0 Å². The van der Waals surface area contributed by atoms with Crippen LogP contribution < -0.4 is 5.73 Å². The molecule has 80 valence electrons. The minimum absolute atomic E-state index is 0. The molecule has 14 heavy (non-hydrogen) atoms. The second kappa shape index (κ2) is 4.66. The third-order valence-electron chi connectivity index (χ3n) is 1.76. The Labute approximate surface area is 86.5 Å². The Kier molecular flexibility index (Phi) is 4.42. The average molecular weight is 226 g/mol. The van der Waals surface area contributed by atoms with E-state index in [4.69, 9.17) is 5.73 Å². The first-order valence-corrected chi connectivity index (χ1v) is 3.84. The maximum absolute atomic E-state index is 12.4. The van der Waals surface area contributed by atoms with Gasteiger partial charge in [-0.1, -0.05) is 18.2 Å². The number of halogens is 4. The molecule has 0 aliphatic carbocycles. The molecule has 0 spiro atoms. The van der Waals surface area contributed by atoms with E-state index in [1.54, 1.807) is 6.07 Å². The Balaban J connectivity index is 0.00000169. The van der Waals surface area contributed by atoms with Gasteiger partial charge in [-0.15, -0.1) is 12.4 Å². The van der Waals surface area contributed by atoms with Crippen LogP contribution in [0.4, 0.5) is 13.2 Å². The molecule has 0 bridgehead atoms. The highest BCUT2D eigenvalue weighted by Gasteiger charge is 2.33.